The van der Waals surface area contributed by atoms with E-state index in [1.54, 1.807) is 0 Å². The Hall–Kier alpha value is -1.65. The van der Waals surface area contributed by atoms with Crippen LogP contribution in [0.1, 0.15) is 31.8 Å². The van der Waals surface area contributed by atoms with E-state index in [2.05, 4.69) is 15.1 Å². The number of hydrogen-bond donors (Lipinski definition) is 1. The summed E-state index contributed by atoms with van der Waals surface area (Å²) >= 11 is 0. The standard InChI is InChI=1S/C10H13N3O2/c1-3-5-6-8-9(14)11-7(4-2)12-10(8)15-13-6/h3-5H2,1-2H3,(H,11,12,14). The first-order valence-electron chi connectivity index (χ1n) is 5.13. The van der Waals surface area contributed by atoms with Gasteiger partial charge in [0.15, 0.2) is 0 Å². The molecule has 0 unspecified atom stereocenters. The van der Waals surface area contributed by atoms with Crippen molar-refractivity contribution < 1.29 is 4.52 Å². The zero-order chi connectivity index (χ0) is 10.8. The Kier molecular flexibility index (Phi) is 2.53. The summed E-state index contributed by atoms with van der Waals surface area (Å²) in [6, 6.07) is 0. The first-order valence-corrected chi connectivity index (χ1v) is 5.13. The first kappa shape index (κ1) is 9.89. The summed E-state index contributed by atoms with van der Waals surface area (Å²) in [4.78, 5) is 18.6. The largest absolute Gasteiger partial charge is 0.335 e. The second kappa shape index (κ2) is 3.84. The van der Waals surface area contributed by atoms with Gasteiger partial charge < -0.3 is 9.51 Å². The summed E-state index contributed by atoms with van der Waals surface area (Å²) in [5.41, 5.74) is 0.893. The Morgan fingerprint density at radius 1 is 1.40 bits per heavy atom. The van der Waals surface area contributed by atoms with Crippen LogP contribution < -0.4 is 5.56 Å². The molecule has 80 valence electrons. The normalized spacial score (nSPS) is 11.1. The first-order chi connectivity index (χ1) is 7.26. The average molecular weight is 207 g/mol. The Bertz CT molecular complexity index is 527. The molecule has 0 spiro atoms. The summed E-state index contributed by atoms with van der Waals surface area (Å²) in [5.74, 6) is 0.631. The quantitative estimate of drug-likeness (QED) is 0.826. The van der Waals surface area contributed by atoms with Gasteiger partial charge in [0, 0.05) is 6.42 Å². The van der Waals surface area contributed by atoms with Gasteiger partial charge in [-0.25, -0.2) is 0 Å². The molecule has 0 fully saturated rings. The number of nitrogens with one attached hydrogen (secondary N) is 1. The van der Waals surface area contributed by atoms with Crippen molar-refractivity contribution in [3.8, 4) is 0 Å². The van der Waals surface area contributed by atoms with E-state index in [0.29, 0.717) is 29.0 Å². The number of nitrogens with zero attached hydrogens (tertiary/aromatic N) is 2. The van der Waals surface area contributed by atoms with Crippen molar-refractivity contribution in [2.24, 2.45) is 0 Å². The monoisotopic (exact) mass is 207 g/mol. The molecule has 15 heavy (non-hydrogen) atoms. The fraction of sp³-hybridized carbons (Fsp3) is 0.500. The maximum atomic E-state index is 11.7. The van der Waals surface area contributed by atoms with Gasteiger partial charge in [0.05, 0.1) is 5.69 Å². The SMILES string of the molecule is CCCc1noc2nc(CC)[nH]c(=O)c12. The van der Waals surface area contributed by atoms with Crippen molar-refractivity contribution in [1.29, 1.82) is 0 Å². The molecule has 0 aliphatic heterocycles. The topological polar surface area (TPSA) is 71.8 Å². The zero-order valence-electron chi connectivity index (χ0n) is 8.83. The van der Waals surface area contributed by atoms with Crippen molar-refractivity contribution in [3.05, 3.63) is 21.9 Å². The molecule has 0 aromatic carbocycles. The van der Waals surface area contributed by atoms with Crippen molar-refractivity contribution in [2.75, 3.05) is 0 Å². The number of fused-ring (bicyclic) bond motifs is 1. The minimum Gasteiger partial charge on any atom is -0.335 e. The Balaban J connectivity index is 2.66. The number of aryl methyl sites for hydroxylation is 2. The van der Waals surface area contributed by atoms with E-state index in [0.717, 1.165) is 12.8 Å². The van der Waals surface area contributed by atoms with Gasteiger partial charge in [0.1, 0.15) is 11.2 Å². The fourth-order valence-electron chi connectivity index (χ4n) is 1.54. The van der Waals surface area contributed by atoms with Crippen LogP contribution >= 0.6 is 0 Å². The molecule has 0 bridgehead atoms. The van der Waals surface area contributed by atoms with E-state index in [9.17, 15) is 4.79 Å². The molecule has 2 heterocycles. The van der Waals surface area contributed by atoms with E-state index >= 15 is 0 Å². The minimum atomic E-state index is -0.151. The molecule has 0 aliphatic carbocycles. The molecule has 5 heteroatoms. The van der Waals surface area contributed by atoms with Gasteiger partial charge in [0.2, 0.25) is 0 Å². The van der Waals surface area contributed by atoms with Crippen LogP contribution in [0.5, 0.6) is 0 Å². The number of aromatic amines is 1. The van der Waals surface area contributed by atoms with Crippen LogP contribution in [0.4, 0.5) is 0 Å². The summed E-state index contributed by atoms with van der Waals surface area (Å²) in [6.45, 7) is 3.95. The second-order valence-corrected chi connectivity index (χ2v) is 3.43. The van der Waals surface area contributed by atoms with Crippen LogP contribution in [0.3, 0.4) is 0 Å². The maximum Gasteiger partial charge on any atom is 0.265 e. The molecule has 1 N–H and O–H groups in total. The predicted octanol–water partition coefficient (Wildman–Crippen LogP) is 1.43. The maximum absolute atomic E-state index is 11.7. The fourth-order valence-corrected chi connectivity index (χ4v) is 1.54. The van der Waals surface area contributed by atoms with E-state index in [1.807, 2.05) is 13.8 Å². The molecule has 0 amide bonds. The molecule has 2 aromatic rings. The Morgan fingerprint density at radius 3 is 2.87 bits per heavy atom. The van der Waals surface area contributed by atoms with Gasteiger partial charge in [-0.2, -0.15) is 4.98 Å². The minimum absolute atomic E-state index is 0.151. The van der Waals surface area contributed by atoms with Crippen LogP contribution in [-0.2, 0) is 12.8 Å². The van der Waals surface area contributed by atoms with Crippen LogP contribution in [0, 0.1) is 0 Å². The van der Waals surface area contributed by atoms with E-state index < -0.39 is 0 Å². The lowest BCUT2D eigenvalue weighted by Gasteiger charge is -1.94. The van der Waals surface area contributed by atoms with E-state index in [-0.39, 0.29) is 5.56 Å². The van der Waals surface area contributed by atoms with Crippen LogP contribution in [0.15, 0.2) is 9.32 Å². The molecule has 0 aliphatic rings. The summed E-state index contributed by atoms with van der Waals surface area (Å²) in [7, 11) is 0. The number of aromatic nitrogens is 3. The highest BCUT2D eigenvalue weighted by Gasteiger charge is 2.13. The lowest BCUT2D eigenvalue weighted by molar-refractivity contribution is 0.437. The lowest BCUT2D eigenvalue weighted by Crippen LogP contribution is -2.11. The molecule has 0 saturated heterocycles. The van der Waals surface area contributed by atoms with Gasteiger partial charge >= 0.3 is 0 Å². The van der Waals surface area contributed by atoms with Crippen LogP contribution in [0.25, 0.3) is 11.1 Å². The molecule has 0 atom stereocenters. The molecule has 0 radical (unpaired) electrons. The number of H-pyrrole nitrogens is 1. The number of rotatable bonds is 3. The highest BCUT2D eigenvalue weighted by atomic mass is 16.5. The van der Waals surface area contributed by atoms with Crippen molar-refractivity contribution >= 4 is 11.1 Å². The Labute approximate surface area is 86.5 Å². The lowest BCUT2D eigenvalue weighted by atomic mass is 10.2. The van der Waals surface area contributed by atoms with Gasteiger partial charge in [0.25, 0.3) is 11.3 Å². The van der Waals surface area contributed by atoms with Gasteiger partial charge in [-0.3, -0.25) is 4.79 Å². The third kappa shape index (κ3) is 1.65. The van der Waals surface area contributed by atoms with Gasteiger partial charge in [-0.15, -0.1) is 0 Å². The highest BCUT2D eigenvalue weighted by Crippen LogP contribution is 2.13. The third-order valence-corrected chi connectivity index (χ3v) is 2.29. The molecule has 2 aromatic heterocycles. The third-order valence-electron chi connectivity index (χ3n) is 2.29. The van der Waals surface area contributed by atoms with E-state index in [4.69, 9.17) is 4.52 Å². The molecule has 2 rings (SSSR count). The van der Waals surface area contributed by atoms with E-state index in [1.165, 1.54) is 0 Å². The predicted molar refractivity (Wildman–Crippen MR) is 55.8 cm³/mol. The second-order valence-electron chi connectivity index (χ2n) is 3.43. The van der Waals surface area contributed by atoms with Gasteiger partial charge in [-0.05, 0) is 6.42 Å². The van der Waals surface area contributed by atoms with Gasteiger partial charge in [-0.1, -0.05) is 25.4 Å². The Morgan fingerprint density at radius 2 is 2.20 bits per heavy atom. The smallest absolute Gasteiger partial charge is 0.265 e. The summed E-state index contributed by atoms with van der Waals surface area (Å²) in [5, 5.41) is 4.36. The van der Waals surface area contributed by atoms with Crippen LogP contribution in [-0.4, -0.2) is 15.1 Å². The average Bonchev–Trinajstić information content (AvgIpc) is 2.62. The summed E-state index contributed by atoms with van der Waals surface area (Å²) < 4.78 is 5.04. The van der Waals surface area contributed by atoms with Crippen molar-refractivity contribution in [1.82, 2.24) is 15.1 Å². The molecule has 0 saturated carbocycles. The summed E-state index contributed by atoms with van der Waals surface area (Å²) in [6.07, 6.45) is 2.34. The highest BCUT2D eigenvalue weighted by molar-refractivity contribution is 5.74. The number of hydrogen-bond acceptors (Lipinski definition) is 4. The zero-order valence-corrected chi connectivity index (χ0v) is 8.83. The molecular weight excluding hydrogens is 194 g/mol. The molecule has 5 nitrogen and oxygen atoms in total. The van der Waals surface area contributed by atoms with Crippen LogP contribution in [0.2, 0.25) is 0 Å². The van der Waals surface area contributed by atoms with Crippen molar-refractivity contribution in [2.45, 2.75) is 33.1 Å². The molecular formula is C10H13N3O2. The van der Waals surface area contributed by atoms with Crippen molar-refractivity contribution in [3.63, 3.8) is 0 Å².